The van der Waals surface area contributed by atoms with Crippen LogP contribution in [0.25, 0.3) is 0 Å². The minimum Gasteiger partial charge on any atom is -0.461 e. The van der Waals surface area contributed by atoms with E-state index in [1.807, 2.05) is 37.3 Å². The summed E-state index contributed by atoms with van der Waals surface area (Å²) in [4.78, 5) is 12.1. The Kier molecular flexibility index (Phi) is 5.56. The van der Waals surface area contributed by atoms with Crippen LogP contribution in [0.15, 0.2) is 30.3 Å². The van der Waals surface area contributed by atoms with Crippen LogP contribution in [0.4, 0.5) is 0 Å². The van der Waals surface area contributed by atoms with Crippen molar-refractivity contribution < 1.29 is 14.3 Å². The van der Waals surface area contributed by atoms with Gasteiger partial charge in [0.05, 0.1) is 12.0 Å². The molecular weight excluding hydrogens is 254 g/mol. The lowest BCUT2D eigenvalue weighted by atomic mass is 9.96. The highest BCUT2D eigenvalue weighted by atomic mass is 16.5. The molecule has 4 nitrogen and oxygen atoms in total. The number of nitrogens with one attached hydrogen (secondary N) is 1. The van der Waals surface area contributed by atoms with Crippen LogP contribution in [0.5, 0.6) is 0 Å². The van der Waals surface area contributed by atoms with Crippen LogP contribution in [0, 0.1) is 5.92 Å². The Hall–Kier alpha value is -1.39. The van der Waals surface area contributed by atoms with Crippen LogP contribution in [-0.4, -0.2) is 31.8 Å². The highest BCUT2D eigenvalue weighted by Gasteiger charge is 2.33. The second kappa shape index (κ2) is 7.41. The van der Waals surface area contributed by atoms with E-state index >= 15 is 0 Å². The highest BCUT2D eigenvalue weighted by molar-refractivity contribution is 5.72. The summed E-state index contributed by atoms with van der Waals surface area (Å²) in [7, 11) is 1.66. The molecule has 1 heterocycles. The van der Waals surface area contributed by atoms with Crippen LogP contribution in [-0.2, 0) is 20.9 Å². The van der Waals surface area contributed by atoms with Crippen LogP contribution in [0.1, 0.15) is 25.3 Å². The van der Waals surface area contributed by atoms with Gasteiger partial charge < -0.3 is 14.8 Å². The van der Waals surface area contributed by atoms with Gasteiger partial charge in [-0.2, -0.15) is 0 Å². The number of ether oxygens (including phenoxy) is 2. The summed E-state index contributed by atoms with van der Waals surface area (Å²) in [5.74, 6) is -0.464. The SMILES string of the molecule is CO[C@@H]([C@@H]1CCCN1)[C@@H](C)C(=O)OCc1ccccc1. The molecule has 0 aliphatic carbocycles. The van der Waals surface area contributed by atoms with E-state index in [4.69, 9.17) is 9.47 Å². The van der Waals surface area contributed by atoms with E-state index < -0.39 is 0 Å². The van der Waals surface area contributed by atoms with Crippen LogP contribution >= 0.6 is 0 Å². The number of methoxy groups -OCH3 is 1. The molecule has 2 rings (SSSR count). The van der Waals surface area contributed by atoms with Gasteiger partial charge in [0.15, 0.2) is 0 Å². The lowest BCUT2D eigenvalue weighted by Crippen LogP contribution is -2.43. The van der Waals surface area contributed by atoms with E-state index in [1.54, 1.807) is 7.11 Å². The third kappa shape index (κ3) is 3.81. The third-order valence-corrected chi connectivity index (χ3v) is 3.86. The lowest BCUT2D eigenvalue weighted by molar-refractivity contribution is -0.154. The molecule has 3 atom stereocenters. The molecule has 0 spiro atoms. The number of rotatable bonds is 6. The first-order chi connectivity index (χ1) is 9.72. The molecule has 0 radical (unpaired) electrons. The van der Waals surface area contributed by atoms with Gasteiger partial charge in [-0.25, -0.2) is 0 Å². The first-order valence-corrected chi connectivity index (χ1v) is 7.19. The number of hydrogen-bond acceptors (Lipinski definition) is 4. The standard InChI is InChI=1S/C16H23NO3/c1-12(15(19-2)14-9-6-10-17-14)16(18)20-11-13-7-4-3-5-8-13/h3-5,7-8,12,14-15,17H,6,9-11H2,1-2H3/t12-,14+,15-/m1/s1. The Morgan fingerprint density at radius 1 is 1.40 bits per heavy atom. The van der Waals surface area contributed by atoms with Gasteiger partial charge in [-0.3, -0.25) is 4.79 Å². The summed E-state index contributed by atoms with van der Waals surface area (Å²) in [6, 6.07) is 9.97. The van der Waals surface area contributed by atoms with Crippen molar-refractivity contribution in [2.24, 2.45) is 5.92 Å². The van der Waals surface area contributed by atoms with Crippen molar-refractivity contribution in [3.8, 4) is 0 Å². The normalized spacial score (nSPS) is 21.4. The minimum absolute atomic E-state index is 0.124. The molecule has 0 amide bonds. The molecule has 1 N–H and O–H groups in total. The molecular formula is C16H23NO3. The van der Waals surface area contributed by atoms with Gasteiger partial charge in [0, 0.05) is 13.2 Å². The van der Waals surface area contributed by atoms with Crippen molar-refractivity contribution in [3.05, 3.63) is 35.9 Å². The Morgan fingerprint density at radius 3 is 2.75 bits per heavy atom. The molecule has 110 valence electrons. The molecule has 0 saturated carbocycles. The fraction of sp³-hybridized carbons (Fsp3) is 0.562. The van der Waals surface area contributed by atoms with Gasteiger partial charge in [0.2, 0.25) is 0 Å². The van der Waals surface area contributed by atoms with E-state index in [0.717, 1.165) is 24.9 Å². The molecule has 1 fully saturated rings. The van der Waals surface area contributed by atoms with Gasteiger partial charge in [0.1, 0.15) is 6.61 Å². The topological polar surface area (TPSA) is 47.6 Å². The van der Waals surface area contributed by atoms with Crippen LogP contribution in [0.2, 0.25) is 0 Å². The molecule has 1 aliphatic heterocycles. The fourth-order valence-corrected chi connectivity index (χ4v) is 2.70. The van der Waals surface area contributed by atoms with E-state index in [-0.39, 0.29) is 24.0 Å². The zero-order valence-electron chi connectivity index (χ0n) is 12.2. The molecule has 0 aromatic heterocycles. The van der Waals surface area contributed by atoms with Crippen molar-refractivity contribution in [1.29, 1.82) is 0 Å². The smallest absolute Gasteiger partial charge is 0.311 e. The molecule has 20 heavy (non-hydrogen) atoms. The van der Waals surface area contributed by atoms with Gasteiger partial charge >= 0.3 is 5.97 Å². The summed E-state index contributed by atoms with van der Waals surface area (Å²) in [6.45, 7) is 3.19. The quantitative estimate of drug-likeness (QED) is 0.809. The van der Waals surface area contributed by atoms with Crippen molar-refractivity contribution >= 4 is 5.97 Å². The summed E-state index contributed by atoms with van der Waals surface area (Å²) in [5.41, 5.74) is 1.00. The summed E-state index contributed by atoms with van der Waals surface area (Å²) in [6.07, 6.45) is 2.06. The molecule has 4 heteroatoms. The van der Waals surface area contributed by atoms with Crippen molar-refractivity contribution in [3.63, 3.8) is 0 Å². The minimum atomic E-state index is -0.265. The Bertz CT molecular complexity index is 415. The number of carbonyl (C=O) groups excluding carboxylic acids is 1. The van der Waals surface area contributed by atoms with E-state index in [2.05, 4.69) is 5.32 Å². The van der Waals surface area contributed by atoms with Crippen molar-refractivity contribution in [2.75, 3.05) is 13.7 Å². The van der Waals surface area contributed by atoms with Crippen LogP contribution in [0.3, 0.4) is 0 Å². The molecule has 1 aliphatic rings. The molecule has 1 aromatic carbocycles. The lowest BCUT2D eigenvalue weighted by Gasteiger charge is -2.26. The predicted molar refractivity (Wildman–Crippen MR) is 77.2 cm³/mol. The van der Waals surface area contributed by atoms with E-state index in [1.165, 1.54) is 0 Å². The average Bonchev–Trinajstić information content (AvgIpc) is 3.00. The van der Waals surface area contributed by atoms with Crippen molar-refractivity contribution in [2.45, 2.75) is 38.5 Å². The van der Waals surface area contributed by atoms with Gasteiger partial charge in [-0.15, -0.1) is 0 Å². The zero-order chi connectivity index (χ0) is 14.4. The maximum atomic E-state index is 12.1. The van der Waals surface area contributed by atoms with Crippen molar-refractivity contribution in [1.82, 2.24) is 5.32 Å². The van der Waals surface area contributed by atoms with Crippen LogP contribution < -0.4 is 5.32 Å². The summed E-state index contributed by atoms with van der Waals surface area (Å²) in [5, 5.41) is 3.38. The Labute approximate surface area is 120 Å². The van der Waals surface area contributed by atoms with E-state index in [0.29, 0.717) is 6.61 Å². The summed E-state index contributed by atoms with van der Waals surface area (Å²) >= 11 is 0. The second-order valence-electron chi connectivity index (χ2n) is 5.29. The first-order valence-electron chi connectivity index (χ1n) is 7.19. The fourth-order valence-electron chi connectivity index (χ4n) is 2.70. The summed E-state index contributed by atoms with van der Waals surface area (Å²) < 4.78 is 10.9. The Morgan fingerprint density at radius 2 is 2.15 bits per heavy atom. The van der Waals surface area contributed by atoms with Gasteiger partial charge in [-0.1, -0.05) is 30.3 Å². The zero-order valence-corrected chi connectivity index (χ0v) is 12.2. The predicted octanol–water partition coefficient (Wildman–Crippen LogP) is 2.13. The van der Waals surface area contributed by atoms with Gasteiger partial charge in [-0.05, 0) is 31.9 Å². The first kappa shape index (κ1) is 15.0. The molecule has 1 saturated heterocycles. The number of carbonyl (C=O) groups is 1. The molecule has 1 aromatic rings. The van der Waals surface area contributed by atoms with E-state index in [9.17, 15) is 4.79 Å². The largest absolute Gasteiger partial charge is 0.461 e. The highest BCUT2D eigenvalue weighted by Crippen LogP contribution is 2.20. The monoisotopic (exact) mass is 277 g/mol. The maximum Gasteiger partial charge on any atom is 0.311 e. The van der Waals surface area contributed by atoms with Gasteiger partial charge in [0.25, 0.3) is 0 Å². The number of hydrogen-bond donors (Lipinski definition) is 1. The Balaban J connectivity index is 1.86. The third-order valence-electron chi connectivity index (χ3n) is 3.86. The number of benzene rings is 1. The second-order valence-corrected chi connectivity index (χ2v) is 5.29. The number of esters is 1. The maximum absolute atomic E-state index is 12.1. The molecule has 0 unspecified atom stereocenters. The molecule has 0 bridgehead atoms. The average molecular weight is 277 g/mol.